The highest BCUT2D eigenvalue weighted by Gasteiger charge is 2.27. The van der Waals surface area contributed by atoms with Crippen LogP contribution in [0.3, 0.4) is 0 Å². The summed E-state index contributed by atoms with van der Waals surface area (Å²) < 4.78 is 15.2. The van der Waals surface area contributed by atoms with Crippen LogP contribution in [0.1, 0.15) is 25.8 Å². The molecule has 2 atom stereocenters. The van der Waals surface area contributed by atoms with E-state index in [1.165, 1.54) is 7.11 Å². The van der Waals surface area contributed by atoms with Gasteiger partial charge in [-0.15, -0.1) is 0 Å². The number of carbonyl (C=O) groups excluding carboxylic acids is 3. The Morgan fingerprint density at radius 3 is 2.69 bits per heavy atom. The molecule has 26 heavy (non-hydrogen) atoms. The fourth-order valence-corrected chi connectivity index (χ4v) is 2.47. The van der Waals surface area contributed by atoms with E-state index in [-0.39, 0.29) is 12.5 Å². The van der Waals surface area contributed by atoms with E-state index in [2.05, 4.69) is 5.32 Å². The van der Waals surface area contributed by atoms with Crippen molar-refractivity contribution in [2.75, 3.05) is 20.3 Å². The van der Waals surface area contributed by atoms with Gasteiger partial charge in [-0.2, -0.15) is 0 Å². The molecule has 1 heterocycles. The molecule has 0 spiro atoms. The predicted molar refractivity (Wildman–Crippen MR) is 94.3 cm³/mol. The molecular formula is C19H23NO6. The van der Waals surface area contributed by atoms with Gasteiger partial charge in [0.25, 0.3) is 5.91 Å². The van der Waals surface area contributed by atoms with Crippen molar-refractivity contribution in [1.82, 2.24) is 5.32 Å². The van der Waals surface area contributed by atoms with Gasteiger partial charge in [0.1, 0.15) is 18.4 Å². The largest absolute Gasteiger partial charge is 0.488 e. The summed E-state index contributed by atoms with van der Waals surface area (Å²) in [6, 6.07) is 6.53. The Kier molecular flexibility index (Phi) is 6.77. The third-order valence-electron chi connectivity index (χ3n) is 4.21. The highest BCUT2D eigenvalue weighted by Crippen LogP contribution is 2.26. The molecule has 1 aromatic rings. The molecule has 0 saturated heterocycles. The van der Waals surface area contributed by atoms with Gasteiger partial charge >= 0.3 is 11.9 Å². The Balaban J connectivity index is 1.92. The molecule has 0 aliphatic carbocycles. The van der Waals surface area contributed by atoms with E-state index < -0.39 is 30.5 Å². The van der Waals surface area contributed by atoms with Crippen LogP contribution < -0.4 is 10.1 Å². The minimum absolute atomic E-state index is 0.0785. The molecule has 0 bridgehead atoms. The third kappa shape index (κ3) is 4.84. The number of amides is 1. The maximum atomic E-state index is 12.1. The van der Waals surface area contributed by atoms with Crippen LogP contribution in [0.25, 0.3) is 6.08 Å². The van der Waals surface area contributed by atoms with Crippen LogP contribution in [0.5, 0.6) is 5.75 Å². The number of esters is 2. The number of para-hydroxylation sites is 1. The summed E-state index contributed by atoms with van der Waals surface area (Å²) in [7, 11) is 1.26. The van der Waals surface area contributed by atoms with Gasteiger partial charge in [0.15, 0.2) is 6.61 Å². The molecule has 1 aliphatic rings. The fraction of sp³-hybridized carbons (Fsp3) is 0.421. The summed E-state index contributed by atoms with van der Waals surface area (Å²) in [5.74, 6) is -1.14. The smallest absolute Gasteiger partial charge is 0.338 e. The van der Waals surface area contributed by atoms with Crippen molar-refractivity contribution in [3.63, 3.8) is 0 Å². The van der Waals surface area contributed by atoms with Crippen molar-refractivity contribution in [3.8, 4) is 5.75 Å². The summed E-state index contributed by atoms with van der Waals surface area (Å²) in [6.45, 7) is 3.33. The molecule has 2 rings (SSSR count). The lowest BCUT2D eigenvalue weighted by molar-refractivity contribution is -0.149. The van der Waals surface area contributed by atoms with Crippen LogP contribution in [-0.4, -0.2) is 44.2 Å². The molecule has 1 aromatic carbocycles. The first-order valence-electron chi connectivity index (χ1n) is 8.43. The van der Waals surface area contributed by atoms with Crippen LogP contribution >= 0.6 is 0 Å². The number of rotatable bonds is 7. The fourth-order valence-electron chi connectivity index (χ4n) is 2.47. The van der Waals surface area contributed by atoms with Crippen molar-refractivity contribution in [3.05, 3.63) is 35.4 Å². The normalized spacial score (nSPS) is 14.8. The van der Waals surface area contributed by atoms with Gasteiger partial charge in [-0.05, 0) is 18.1 Å². The Labute approximate surface area is 152 Å². The summed E-state index contributed by atoms with van der Waals surface area (Å²) >= 11 is 0. The van der Waals surface area contributed by atoms with Crippen molar-refractivity contribution in [2.24, 2.45) is 5.92 Å². The summed E-state index contributed by atoms with van der Waals surface area (Å²) in [6.07, 6.45) is 2.36. The van der Waals surface area contributed by atoms with Crippen LogP contribution in [0.4, 0.5) is 0 Å². The van der Waals surface area contributed by atoms with Crippen molar-refractivity contribution < 1.29 is 28.6 Å². The topological polar surface area (TPSA) is 90.9 Å². The van der Waals surface area contributed by atoms with Gasteiger partial charge in [0.2, 0.25) is 0 Å². The number of nitrogens with one attached hydrogen (secondary N) is 1. The first-order chi connectivity index (χ1) is 12.5. The molecular weight excluding hydrogens is 338 g/mol. The number of methoxy groups -OCH3 is 1. The second-order valence-corrected chi connectivity index (χ2v) is 6.03. The number of fused-ring (bicyclic) bond motifs is 1. The maximum Gasteiger partial charge on any atom is 0.338 e. The maximum absolute atomic E-state index is 12.1. The van der Waals surface area contributed by atoms with Gasteiger partial charge in [0, 0.05) is 5.56 Å². The summed E-state index contributed by atoms with van der Waals surface area (Å²) in [5.41, 5.74) is 1.10. The lowest BCUT2D eigenvalue weighted by Crippen LogP contribution is -2.47. The highest BCUT2D eigenvalue weighted by atomic mass is 16.5. The standard InChI is InChI=1S/C19H23NO6/c1-4-12(2)17(19(23)24-3)20-16(21)11-26-18(22)14-9-13-7-5-6-8-15(13)25-10-14/h5-9,12,17H,4,10-11H2,1-3H3,(H,20,21)/t12-,17+/m1/s1. The van der Waals surface area contributed by atoms with E-state index in [1.807, 2.05) is 38.1 Å². The van der Waals surface area contributed by atoms with Gasteiger partial charge in [-0.25, -0.2) is 9.59 Å². The molecule has 1 aliphatic heterocycles. The molecule has 0 radical (unpaired) electrons. The third-order valence-corrected chi connectivity index (χ3v) is 4.21. The van der Waals surface area contributed by atoms with Crippen molar-refractivity contribution >= 4 is 23.9 Å². The number of benzene rings is 1. The highest BCUT2D eigenvalue weighted by molar-refractivity contribution is 5.96. The second-order valence-electron chi connectivity index (χ2n) is 6.03. The molecule has 7 nitrogen and oxygen atoms in total. The Hall–Kier alpha value is -2.83. The van der Waals surface area contributed by atoms with E-state index in [0.717, 1.165) is 5.56 Å². The van der Waals surface area contributed by atoms with Gasteiger partial charge < -0.3 is 19.5 Å². The van der Waals surface area contributed by atoms with Crippen LogP contribution in [0.15, 0.2) is 29.8 Å². The van der Waals surface area contributed by atoms with Crippen LogP contribution in [0.2, 0.25) is 0 Å². The molecule has 7 heteroatoms. The Bertz CT molecular complexity index is 712. The molecule has 1 N–H and O–H groups in total. The quantitative estimate of drug-likeness (QED) is 0.744. The molecule has 0 fully saturated rings. The zero-order valence-electron chi connectivity index (χ0n) is 15.1. The number of ether oxygens (including phenoxy) is 3. The zero-order chi connectivity index (χ0) is 19.1. The Morgan fingerprint density at radius 2 is 2.00 bits per heavy atom. The van der Waals surface area contributed by atoms with E-state index in [4.69, 9.17) is 14.2 Å². The summed E-state index contributed by atoms with van der Waals surface area (Å²) in [5, 5.41) is 2.55. The van der Waals surface area contributed by atoms with Crippen LogP contribution in [-0.2, 0) is 23.9 Å². The number of hydrogen-bond donors (Lipinski definition) is 1. The SMILES string of the molecule is CC[C@@H](C)[C@H](NC(=O)COC(=O)C1=Cc2ccccc2OC1)C(=O)OC. The number of carbonyl (C=O) groups is 3. The lowest BCUT2D eigenvalue weighted by atomic mass is 9.99. The molecule has 0 saturated carbocycles. The van der Waals surface area contributed by atoms with Crippen LogP contribution in [0, 0.1) is 5.92 Å². The minimum Gasteiger partial charge on any atom is -0.488 e. The van der Waals surface area contributed by atoms with E-state index in [9.17, 15) is 14.4 Å². The monoisotopic (exact) mass is 361 g/mol. The average molecular weight is 361 g/mol. The Morgan fingerprint density at radius 1 is 1.27 bits per heavy atom. The molecule has 1 amide bonds. The van der Waals surface area contributed by atoms with Crippen molar-refractivity contribution in [2.45, 2.75) is 26.3 Å². The van der Waals surface area contributed by atoms with E-state index >= 15 is 0 Å². The molecule has 140 valence electrons. The first-order valence-corrected chi connectivity index (χ1v) is 8.43. The molecule has 0 aromatic heterocycles. The zero-order valence-corrected chi connectivity index (χ0v) is 15.1. The second kappa shape index (κ2) is 9.03. The number of hydrogen-bond acceptors (Lipinski definition) is 6. The van der Waals surface area contributed by atoms with Gasteiger partial charge in [0.05, 0.1) is 12.7 Å². The van der Waals surface area contributed by atoms with Gasteiger partial charge in [-0.1, -0.05) is 38.5 Å². The first kappa shape index (κ1) is 19.5. The summed E-state index contributed by atoms with van der Waals surface area (Å²) in [4.78, 5) is 35.9. The van der Waals surface area contributed by atoms with E-state index in [0.29, 0.717) is 17.7 Å². The predicted octanol–water partition coefficient (Wildman–Crippen LogP) is 1.71. The minimum atomic E-state index is -0.777. The average Bonchev–Trinajstić information content (AvgIpc) is 2.68. The van der Waals surface area contributed by atoms with Gasteiger partial charge in [-0.3, -0.25) is 4.79 Å². The molecule has 0 unspecified atom stereocenters. The lowest BCUT2D eigenvalue weighted by Gasteiger charge is -2.22. The van der Waals surface area contributed by atoms with Crippen molar-refractivity contribution in [1.29, 1.82) is 0 Å². The van der Waals surface area contributed by atoms with E-state index in [1.54, 1.807) is 6.08 Å².